The van der Waals surface area contributed by atoms with Crippen molar-refractivity contribution in [3.05, 3.63) is 29.8 Å². The summed E-state index contributed by atoms with van der Waals surface area (Å²) in [6.07, 6.45) is 1.16. The number of benzene rings is 1. The van der Waals surface area contributed by atoms with E-state index in [0.29, 0.717) is 12.0 Å². The largest absolute Gasteiger partial charge is 0.484 e. The molecule has 0 spiro atoms. The molecule has 1 aliphatic heterocycles. The van der Waals surface area contributed by atoms with E-state index in [9.17, 15) is 4.79 Å². The molecule has 116 valence electrons. The molecule has 1 saturated heterocycles. The fourth-order valence-corrected chi connectivity index (χ4v) is 2.59. The van der Waals surface area contributed by atoms with Gasteiger partial charge < -0.3 is 15.0 Å². The van der Waals surface area contributed by atoms with Crippen LogP contribution in [0.1, 0.15) is 25.8 Å². The highest BCUT2D eigenvalue weighted by molar-refractivity contribution is 5.77. The lowest BCUT2D eigenvalue weighted by Gasteiger charge is -2.20. The van der Waals surface area contributed by atoms with Gasteiger partial charge in [0.1, 0.15) is 5.75 Å². The van der Waals surface area contributed by atoms with Gasteiger partial charge in [-0.2, -0.15) is 0 Å². The van der Waals surface area contributed by atoms with E-state index in [0.717, 1.165) is 31.8 Å². The van der Waals surface area contributed by atoms with Crippen molar-refractivity contribution in [3.8, 4) is 5.75 Å². The van der Waals surface area contributed by atoms with Gasteiger partial charge in [0.2, 0.25) is 0 Å². The van der Waals surface area contributed by atoms with Crippen molar-refractivity contribution in [1.29, 1.82) is 0 Å². The normalized spacial score (nSPS) is 19.0. The second kappa shape index (κ2) is 7.46. The summed E-state index contributed by atoms with van der Waals surface area (Å²) in [6.45, 7) is 9.52. The Kier molecular flexibility index (Phi) is 5.62. The number of hydrogen-bond acceptors (Lipinski definition) is 3. The number of ether oxygens (including phenoxy) is 1. The fourth-order valence-electron chi connectivity index (χ4n) is 2.59. The van der Waals surface area contributed by atoms with E-state index in [-0.39, 0.29) is 12.5 Å². The number of amides is 1. The summed E-state index contributed by atoms with van der Waals surface area (Å²) in [5, 5.41) is 2.98. The molecule has 1 fully saturated rings. The molecule has 1 heterocycles. The molecule has 21 heavy (non-hydrogen) atoms. The maximum atomic E-state index is 11.8. The number of hydrogen-bond donors (Lipinski definition) is 1. The number of aryl methyl sites for hydroxylation is 1. The molecule has 1 N–H and O–H groups in total. The van der Waals surface area contributed by atoms with Gasteiger partial charge in [-0.25, -0.2) is 0 Å². The standard InChI is InChI=1S/C17H26N2O2/c1-13(2)19-9-8-15(11-19)10-18-17(20)12-21-16-6-4-14(3)5-7-16/h4-7,13,15H,8-12H2,1-3H3,(H,18,20). The first kappa shape index (κ1) is 15.8. The van der Waals surface area contributed by atoms with Crippen molar-refractivity contribution < 1.29 is 9.53 Å². The van der Waals surface area contributed by atoms with E-state index in [1.54, 1.807) is 0 Å². The Morgan fingerprint density at radius 2 is 2.10 bits per heavy atom. The molecule has 0 aromatic heterocycles. The predicted molar refractivity (Wildman–Crippen MR) is 84.5 cm³/mol. The van der Waals surface area contributed by atoms with Crippen molar-refractivity contribution in [2.75, 3.05) is 26.2 Å². The average Bonchev–Trinajstić information content (AvgIpc) is 2.93. The van der Waals surface area contributed by atoms with Crippen molar-refractivity contribution in [2.45, 2.75) is 33.2 Å². The minimum Gasteiger partial charge on any atom is -0.484 e. The Morgan fingerprint density at radius 1 is 1.38 bits per heavy atom. The summed E-state index contributed by atoms with van der Waals surface area (Å²) in [5.41, 5.74) is 1.18. The molecule has 1 amide bonds. The molecule has 0 saturated carbocycles. The monoisotopic (exact) mass is 290 g/mol. The van der Waals surface area contributed by atoms with Crippen LogP contribution in [0.25, 0.3) is 0 Å². The summed E-state index contributed by atoms with van der Waals surface area (Å²) in [7, 11) is 0. The van der Waals surface area contributed by atoms with Crippen LogP contribution in [0.2, 0.25) is 0 Å². The third-order valence-electron chi connectivity index (χ3n) is 4.03. The van der Waals surface area contributed by atoms with Crippen molar-refractivity contribution >= 4 is 5.91 Å². The molecule has 1 aromatic rings. The van der Waals surface area contributed by atoms with Crippen molar-refractivity contribution in [2.24, 2.45) is 5.92 Å². The highest BCUT2D eigenvalue weighted by Gasteiger charge is 2.24. The first-order valence-electron chi connectivity index (χ1n) is 7.75. The molecular formula is C17H26N2O2. The fraction of sp³-hybridized carbons (Fsp3) is 0.588. The quantitative estimate of drug-likeness (QED) is 0.873. The van der Waals surface area contributed by atoms with Crippen LogP contribution < -0.4 is 10.1 Å². The Bertz CT molecular complexity index is 456. The van der Waals surface area contributed by atoms with E-state index >= 15 is 0 Å². The molecule has 4 nitrogen and oxygen atoms in total. The van der Waals surface area contributed by atoms with Crippen LogP contribution in [-0.4, -0.2) is 43.1 Å². The van der Waals surface area contributed by atoms with E-state index in [2.05, 4.69) is 24.1 Å². The molecule has 0 radical (unpaired) electrons. The zero-order valence-electron chi connectivity index (χ0n) is 13.3. The SMILES string of the molecule is Cc1ccc(OCC(=O)NCC2CCN(C(C)C)C2)cc1. The number of carbonyl (C=O) groups excluding carboxylic acids is 1. The summed E-state index contributed by atoms with van der Waals surface area (Å²) in [6, 6.07) is 8.33. The van der Waals surface area contributed by atoms with Crippen LogP contribution in [0.5, 0.6) is 5.75 Å². The molecular weight excluding hydrogens is 264 g/mol. The lowest BCUT2D eigenvalue weighted by Crippen LogP contribution is -2.35. The molecule has 1 unspecified atom stereocenters. The smallest absolute Gasteiger partial charge is 0.257 e. The summed E-state index contributed by atoms with van der Waals surface area (Å²) < 4.78 is 5.47. The van der Waals surface area contributed by atoms with Gasteiger partial charge in [0.15, 0.2) is 6.61 Å². The topological polar surface area (TPSA) is 41.6 Å². The molecule has 1 atom stereocenters. The molecule has 1 aromatic carbocycles. The highest BCUT2D eigenvalue weighted by atomic mass is 16.5. The third-order valence-corrected chi connectivity index (χ3v) is 4.03. The van der Waals surface area contributed by atoms with Crippen LogP contribution in [-0.2, 0) is 4.79 Å². The van der Waals surface area contributed by atoms with Crippen molar-refractivity contribution in [1.82, 2.24) is 10.2 Å². The number of rotatable bonds is 6. The number of likely N-dealkylation sites (tertiary alicyclic amines) is 1. The van der Waals surface area contributed by atoms with E-state index in [1.165, 1.54) is 5.56 Å². The maximum absolute atomic E-state index is 11.8. The minimum atomic E-state index is -0.0430. The van der Waals surface area contributed by atoms with Gasteiger partial charge >= 0.3 is 0 Å². The number of nitrogens with one attached hydrogen (secondary N) is 1. The first-order valence-corrected chi connectivity index (χ1v) is 7.75. The van der Waals surface area contributed by atoms with Gasteiger partial charge in [-0.3, -0.25) is 4.79 Å². The molecule has 1 aliphatic rings. The summed E-state index contributed by atoms with van der Waals surface area (Å²) in [5.74, 6) is 1.26. The zero-order chi connectivity index (χ0) is 15.2. The summed E-state index contributed by atoms with van der Waals surface area (Å²) >= 11 is 0. The van der Waals surface area contributed by atoms with Gasteiger partial charge in [0, 0.05) is 19.1 Å². The Balaban J connectivity index is 1.65. The average molecular weight is 290 g/mol. The van der Waals surface area contributed by atoms with E-state index in [4.69, 9.17) is 4.74 Å². The van der Waals surface area contributed by atoms with Crippen LogP contribution in [0.3, 0.4) is 0 Å². The third kappa shape index (κ3) is 5.05. The Hall–Kier alpha value is -1.55. The van der Waals surface area contributed by atoms with Crippen LogP contribution in [0, 0.1) is 12.8 Å². The second-order valence-corrected chi connectivity index (χ2v) is 6.15. The van der Waals surface area contributed by atoms with Crippen LogP contribution in [0.15, 0.2) is 24.3 Å². The van der Waals surface area contributed by atoms with E-state index in [1.807, 2.05) is 31.2 Å². The van der Waals surface area contributed by atoms with Crippen LogP contribution >= 0.6 is 0 Å². The van der Waals surface area contributed by atoms with Crippen LogP contribution in [0.4, 0.5) is 0 Å². The van der Waals surface area contributed by atoms with Gasteiger partial charge in [-0.05, 0) is 51.8 Å². The Labute approximate surface area is 127 Å². The number of nitrogens with zero attached hydrogens (tertiary/aromatic N) is 1. The second-order valence-electron chi connectivity index (χ2n) is 6.15. The number of carbonyl (C=O) groups is 1. The lowest BCUT2D eigenvalue weighted by molar-refractivity contribution is -0.123. The van der Waals surface area contributed by atoms with Crippen molar-refractivity contribution in [3.63, 3.8) is 0 Å². The highest BCUT2D eigenvalue weighted by Crippen LogP contribution is 2.17. The Morgan fingerprint density at radius 3 is 2.71 bits per heavy atom. The first-order chi connectivity index (χ1) is 10.0. The molecule has 4 heteroatoms. The van der Waals surface area contributed by atoms with Gasteiger partial charge in [-0.1, -0.05) is 17.7 Å². The zero-order valence-corrected chi connectivity index (χ0v) is 13.3. The van der Waals surface area contributed by atoms with Gasteiger partial charge in [0.05, 0.1) is 0 Å². The predicted octanol–water partition coefficient (Wildman–Crippen LogP) is 2.22. The summed E-state index contributed by atoms with van der Waals surface area (Å²) in [4.78, 5) is 14.3. The van der Waals surface area contributed by atoms with Gasteiger partial charge in [0.25, 0.3) is 5.91 Å². The van der Waals surface area contributed by atoms with E-state index < -0.39 is 0 Å². The molecule has 0 aliphatic carbocycles. The lowest BCUT2D eigenvalue weighted by atomic mass is 10.1. The minimum absolute atomic E-state index is 0.0430. The molecule has 0 bridgehead atoms. The molecule has 2 rings (SSSR count). The van der Waals surface area contributed by atoms with Gasteiger partial charge in [-0.15, -0.1) is 0 Å². The maximum Gasteiger partial charge on any atom is 0.257 e.